The van der Waals surface area contributed by atoms with Gasteiger partial charge in [-0.25, -0.2) is 19.0 Å². The molecule has 11 heteroatoms. The topological polar surface area (TPSA) is 82.5 Å². The Labute approximate surface area is 189 Å². The minimum atomic E-state index is -0.315. The SMILES string of the molecule is Fc1ccc(-n2ncc3c(SCc4nnc(-c5ccc(Cl)cc5Cl)o4)ncnc32)cc1. The maximum absolute atomic E-state index is 13.2. The van der Waals surface area contributed by atoms with E-state index in [9.17, 15) is 4.39 Å². The molecule has 0 N–H and O–H groups in total. The second-order valence-electron chi connectivity index (χ2n) is 6.36. The maximum atomic E-state index is 13.2. The highest BCUT2D eigenvalue weighted by atomic mass is 35.5. The van der Waals surface area contributed by atoms with Gasteiger partial charge in [0.05, 0.1) is 33.6 Å². The maximum Gasteiger partial charge on any atom is 0.249 e. The Hall–Kier alpha value is -3.01. The van der Waals surface area contributed by atoms with Crippen molar-refractivity contribution in [2.45, 2.75) is 10.8 Å². The van der Waals surface area contributed by atoms with Gasteiger partial charge in [0.1, 0.15) is 17.2 Å². The van der Waals surface area contributed by atoms with Crippen LogP contribution in [0, 0.1) is 5.82 Å². The number of benzene rings is 2. The van der Waals surface area contributed by atoms with Gasteiger partial charge >= 0.3 is 0 Å². The van der Waals surface area contributed by atoms with Gasteiger partial charge in [0, 0.05) is 5.02 Å². The average Bonchev–Trinajstić information content (AvgIpc) is 3.40. The molecule has 5 rings (SSSR count). The molecule has 0 aliphatic heterocycles. The zero-order valence-corrected chi connectivity index (χ0v) is 17.9. The molecule has 0 bridgehead atoms. The third kappa shape index (κ3) is 3.99. The second kappa shape index (κ2) is 8.26. The molecule has 0 saturated heterocycles. The van der Waals surface area contributed by atoms with Gasteiger partial charge in [0.25, 0.3) is 0 Å². The molecular formula is C20H11Cl2FN6OS. The third-order valence-corrected chi connectivity index (χ3v) is 5.90. The van der Waals surface area contributed by atoms with Crippen LogP contribution in [0.25, 0.3) is 28.2 Å². The minimum Gasteiger partial charge on any atom is -0.420 e. The Balaban J connectivity index is 1.38. The minimum absolute atomic E-state index is 0.314. The summed E-state index contributed by atoms with van der Waals surface area (Å²) in [6, 6.07) is 11.1. The average molecular weight is 473 g/mol. The van der Waals surface area contributed by atoms with Crippen LogP contribution in [0.2, 0.25) is 10.0 Å². The number of hydrogen-bond donors (Lipinski definition) is 0. The molecular weight excluding hydrogens is 462 g/mol. The molecule has 0 aliphatic carbocycles. The molecule has 0 unspecified atom stereocenters. The monoisotopic (exact) mass is 472 g/mol. The number of rotatable bonds is 5. The lowest BCUT2D eigenvalue weighted by Crippen LogP contribution is -1.98. The first-order chi connectivity index (χ1) is 15.1. The Kier molecular flexibility index (Phi) is 5.31. The molecule has 3 heterocycles. The number of halogens is 3. The van der Waals surface area contributed by atoms with E-state index in [4.69, 9.17) is 27.6 Å². The summed E-state index contributed by atoms with van der Waals surface area (Å²) in [6.07, 6.45) is 3.13. The molecule has 154 valence electrons. The summed E-state index contributed by atoms with van der Waals surface area (Å²) >= 11 is 13.6. The summed E-state index contributed by atoms with van der Waals surface area (Å²) in [5, 5.41) is 15.0. The molecule has 0 spiro atoms. The van der Waals surface area contributed by atoms with E-state index in [1.807, 2.05) is 0 Å². The fourth-order valence-electron chi connectivity index (χ4n) is 2.92. The summed E-state index contributed by atoms with van der Waals surface area (Å²) in [4.78, 5) is 8.67. The van der Waals surface area contributed by atoms with Crippen LogP contribution in [-0.2, 0) is 5.75 Å². The zero-order chi connectivity index (χ0) is 21.4. The van der Waals surface area contributed by atoms with E-state index in [0.29, 0.717) is 49.5 Å². The molecule has 0 atom stereocenters. The number of nitrogens with zero attached hydrogens (tertiary/aromatic N) is 6. The van der Waals surface area contributed by atoms with Gasteiger partial charge in [-0.15, -0.1) is 10.2 Å². The van der Waals surface area contributed by atoms with E-state index >= 15 is 0 Å². The molecule has 5 aromatic rings. The second-order valence-corrected chi connectivity index (χ2v) is 8.17. The summed E-state index contributed by atoms with van der Waals surface area (Å²) in [5.74, 6) is 0.814. The Morgan fingerprint density at radius 1 is 1.03 bits per heavy atom. The fraction of sp³-hybridized carbons (Fsp3) is 0.0500. The largest absolute Gasteiger partial charge is 0.420 e. The van der Waals surface area contributed by atoms with Crippen molar-refractivity contribution in [2.75, 3.05) is 0 Å². The molecule has 0 amide bonds. The van der Waals surface area contributed by atoms with Crippen LogP contribution in [0.1, 0.15) is 5.89 Å². The molecule has 0 radical (unpaired) electrons. The van der Waals surface area contributed by atoms with Gasteiger partial charge in [-0.3, -0.25) is 0 Å². The Bertz CT molecular complexity index is 1390. The highest BCUT2D eigenvalue weighted by Crippen LogP contribution is 2.32. The van der Waals surface area contributed by atoms with E-state index in [0.717, 1.165) is 5.39 Å². The van der Waals surface area contributed by atoms with Gasteiger partial charge in [-0.05, 0) is 42.5 Å². The highest BCUT2D eigenvalue weighted by molar-refractivity contribution is 7.98. The predicted octanol–water partition coefficient (Wildman–Crippen LogP) is 5.60. The third-order valence-electron chi connectivity index (χ3n) is 4.36. The van der Waals surface area contributed by atoms with Crippen molar-refractivity contribution < 1.29 is 8.81 Å². The summed E-state index contributed by atoms with van der Waals surface area (Å²) in [6.45, 7) is 0. The molecule has 31 heavy (non-hydrogen) atoms. The smallest absolute Gasteiger partial charge is 0.249 e. The molecule has 0 fully saturated rings. The van der Waals surface area contributed by atoms with E-state index in [1.54, 1.807) is 41.2 Å². The number of fused-ring (bicyclic) bond motifs is 1. The zero-order valence-electron chi connectivity index (χ0n) is 15.5. The van der Waals surface area contributed by atoms with Crippen molar-refractivity contribution in [3.05, 3.63) is 76.7 Å². The van der Waals surface area contributed by atoms with Crippen LogP contribution in [-0.4, -0.2) is 29.9 Å². The predicted molar refractivity (Wildman–Crippen MR) is 116 cm³/mol. The quantitative estimate of drug-likeness (QED) is 0.243. The van der Waals surface area contributed by atoms with Crippen molar-refractivity contribution >= 4 is 46.0 Å². The Morgan fingerprint density at radius 2 is 1.87 bits per heavy atom. The van der Waals surface area contributed by atoms with Gasteiger partial charge in [-0.1, -0.05) is 35.0 Å². The molecule has 0 aliphatic rings. The van der Waals surface area contributed by atoms with E-state index in [2.05, 4.69) is 25.3 Å². The number of thioether (sulfide) groups is 1. The van der Waals surface area contributed by atoms with Crippen molar-refractivity contribution in [3.8, 4) is 17.1 Å². The standard InChI is InChI=1S/C20H11Cl2FN6OS/c21-11-1-6-14(16(22)7-11)19-28-27-17(30-19)9-31-20-15-8-26-29(18(15)24-10-25-20)13-4-2-12(23)3-5-13/h1-8,10H,9H2. The van der Waals surface area contributed by atoms with E-state index in [-0.39, 0.29) is 5.82 Å². The van der Waals surface area contributed by atoms with Crippen molar-refractivity contribution in [3.63, 3.8) is 0 Å². The first-order valence-corrected chi connectivity index (χ1v) is 10.7. The summed E-state index contributed by atoms with van der Waals surface area (Å²) in [7, 11) is 0. The fourth-order valence-corrected chi connectivity index (χ4v) is 4.21. The lowest BCUT2D eigenvalue weighted by molar-refractivity contribution is 0.528. The number of aromatic nitrogens is 6. The van der Waals surface area contributed by atoms with Crippen molar-refractivity contribution in [2.24, 2.45) is 0 Å². The summed E-state index contributed by atoms with van der Waals surface area (Å²) < 4.78 is 20.6. The van der Waals surface area contributed by atoms with Crippen LogP contribution in [0.5, 0.6) is 0 Å². The lowest BCUT2D eigenvalue weighted by atomic mass is 10.2. The Morgan fingerprint density at radius 3 is 2.68 bits per heavy atom. The van der Waals surface area contributed by atoms with E-state index < -0.39 is 0 Å². The van der Waals surface area contributed by atoms with Crippen LogP contribution >= 0.6 is 35.0 Å². The first-order valence-electron chi connectivity index (χ1n) is 8.94. The van der Waals surface area contributed by atoms with Crippen LogP contribution in [0.3, 0.4) is 0 Å². The van der Waals surface area contributed by atoms with Gasteiger partial charge in [0.2, 0.25) is 11.8 Å². The molecule has 7 nitrogen and oxygen atoms in total. The number of hydrogen-bond acceptors (Lipinski definition) is 7. The normalized spacial score (nSPS) is 11.3. The van der Waals surface area contributed by atoms with Crippen LogP contribution in [0.4, 0.5) is 4.39 Å². The first kappa shape index (κ1) is 19.9. The van der Waals surface area contributed by atoms with Gasteiger partial charge in [-0.2, -0.15) is 5.10 Å². The van der Waals surface area contributed by atoms with Crippen LogP contribution < -0.4 is 0 Å². The molecule has 0 saturated carbocycles. The van der Waals surface area contributed by atoms with Crippen molar-refractivity contribution in [1.29, 1.82) is 0 Å². The summed E-state index contributed by atoms with van der Waals surface area (Å²) in [5.41, 5.74) is 1.93. The lowest BCUT2D eigenvalue weighted by Gasteiger charge is -2.03. The van der Waals surface area contributed by atoms with Gasteiger partial charge < -0.3 is 4.42 Å². The van der Waals surface area contributed by atoms with E-state index in [1.165, 1.54) is 30.2 Å². The molecule has 2 aromatic carbocycles. The highest BCUT2D eigenvalue weighted by Gasteiger charge is 2.15. The molecule has 3 aromatic heterocycles. The van der Waals surface area contributed by atoms with Gasteiger partial charge in [0.15, 0.2) is 5.65 Å². The van der Waals surface area contributed by atoms with Crippen LogP contribution in [0.15, 0.2) is 64.4 Å². The van der Waals surface area contributed by atoms with Crippen molar-refractivity contribution in [1.82, 2.24) is 29.9 Å².